The number of halogens is 2. The van der Waals surface area contributed by atoms with Gasteiger partial charge in [-0.1, -0.05) is 23.7 Å². The van der Waals surface area contributed by atoms with E-state index in [-0.39, 0.29) is 12.4 Å². The van der Waals surface area contributed by atoms with Gasteiger partial charge in [-0.2, -0.15) is 0 Å². The highest BCUT2D eigenvalue weighted by Crippen LogP contribution is 2.37. The van der Waals surface area contributed by atoms with E-state index in [1.165, 1.54) is 18.3 Å². The Labute approximate surface area is 121 Å². The van der Waals surface area contributed by atoms with Gasteiger partial charge in [0.05, 0.1) is 5.02 Å². The van der Waals surface area contributed by atoms with Crippen LogP contribution in [0.15, 0.2) is 36.5 Å². The lowest BCUT2D eigenvalue weighted by Gasteiger charge is -2.15. The van der Waals surface area contributed by atoms with Crippen LogP contribution in [0.2, 0.25) is 5.02 Å². The first kappa shape index (κ1) is 14.4. The molecule has 0 aromatic heterocycles. The van der Waals surface area contributed by atoms with Crippen molar-refractivity contribution in [3.63, 3.8) is 0 Å². The summed E-state index contributed by atoms with van der Waals surface area (Å²) in [7, 11) is 0. The average molecular weight is 292 g/mol. The van der Waals surface area contributed by atoms with Gasteiger partial charge in [0.25, 0.3) is 0 Å². The lowest BCUT2D eigenvalue weighted by atomic mass is 9.94. The van der Waals surface area contributed by atoms with Crippen molar-refractivity contribution in [3.8, 4) is 11.1 Å². The molecule has 2 aromatic carbocycles. The summed E-state index contributed by atoms with van der Waals surface area (Å²) >= 11 is 6.17. The quantitative estimate of drug-likeness (QED) is 0.760. The second kappa shape index (κ2) is 5.94. The molecule has 0 bridgehead atoms. The van der Waals surface area contributed by atoms with Gasteiger partial charge < -0.3 is 17.2 Å². The van der Waals surface area contributed by atoms with Gasteiger partial charge in [-0.25, -0.2) is 4.39 Å². The molecule has 20 heavy (non-hydrogen) atoms. The Kier molecular flexibility index (Phi) is 4.27. The minimum absolute atomic E-state index is 0.252. The summed E-state index contributed by atoms with van der Waals surface area (Å²) in [4.78, 5) is 0. The summed E-state index contributed by atoms with van der Waals surface area (Å²) in [5.41, 5.74) is 20.4. The molecule has 3 nitrogen and oxygen atoms in total. The van der Waals surface area contributed by atoms with Gasteiger partial charge >= 0.3 is 0 Å². The van der Waals surface area contributed by atoms with E-state index in [0.29, 0.717) is 27.4 Å². The molecule has 0 atom stereocenters. The van der Waals surface area contributed by atoms with Crippen molar-refractivity contribution in [2.75, 3.05) is 5.73 Å². The second-order valence-electron chi connectivity index (χ2n) is 4.29. The molecule has 0 fully saturated rings. The number of hydrogen-bond acceptors (Lipinski definition) is 3. The van der Waals surface area contributed by atoms with E-state index in [1.54, 1.807) is 24.3 Å². The zero-order valence-electron chi connectivity index (χ0n) is 10.7. The van der Waals surface area contributed by atoms with E-state index in [4.69, 9.17) is 28.8 Å². The number of rotatable bonds is 3. The van der Waals surface area contributed by atoms with Gasteiger partial charge in [0, 0.05) is 23.4 Å². The van der Waals surface area contributed by atoms with Gasteiger partial charge in [0.2, 0.25) is 0 Å². The Hall–Kier alpha value is -2.04. The predicted octanol–water partition coefficient (Wildman–Crippen LogP) is 3.12. The first-order valence-electron chi connectivity index (χ1n) is 6.03. The maximum Gasteiger partial charge on any atom is 0.123 e. The molecule has 0 radical (unpaired) electrons. The van der Waals surface area contributed by atoms with Crippen LogP contribution >= 0.6 is 11.6 Å². The fourth-order valence-electron chi connectivity index (χ4n) is 2.15. The van der Waals surface area contributed by atoms with Crippen LogP contribution in [0.1, 0.15) is 11.1 Å². The van der Waals surface area contributed by atoms with Crippen molar-refractivity contribution in [2.45, 2.75) is 6.54 Å². The SMILES string of the molecule is N/C=C\c1c(Cl)cc(CN)c(-c2cccc(F)c2)c1N. The van der Waals surface area contributed by atoms with Crippen molar-refractivity contribution in [1.29, 1.82) is 0 Å². The van der Waals surface area contributed by atoms with Gasteiger partial charge in [-0.15, -0.1) is 0 Å². The molecule has 0 aliphatic carbocycles. The van der Waals surface area contributed by atoms with E-state index in [1.807, 2.05) is 0 Å². The summed E-state index contributed by atoms with van der Waals surface area (Å²) < 4.78 is 13.4. The minimum atomic E-state index is -0.337. The predicted molar refractivity (Wildman–Crippen MR) is 82.4 cm³/mol. The summed E-state index contributed by atoms with van der Waals surface area (Å²) in [6.07, 6.45) is 2.97. The van der Waals surface area contributed by atoms with E-state index in [0.717, 1.165) is 5.56 Å². The molecule has 0 aliphatic rings. The zero-order chi connectivity index (χ0) is 14.7. The largest absolute Gasteiger partial charge is 0.405 e. The molecule has 0 unspecified atom stereocenters. The van der Waals surface area contributed by atoms with Gasteiger partial charge in [-0.05, 0) is 41.6 Å². The van der Waals surface area contributed by atoms with Gasteiger partial charge in [0.15, 0.2) is 0 Å². The summed E-state index contributed by atoms with van der Waals surface area (Å²) in [6.45, 7) is 0.252. The van der Waals surface area contributed by atoms with Crippen LogP contribution in [0.5, 0.6) is 0 Å². The third-order valence-electron chi connectivity index (χ3n) is 3.03. The lowest BCUT2D eigenvalue weighted by Crippen LogP contribution is -2.05. The van der Waals surface area contributed by atoms with Crippen molar-refractivity contribution < 1.29 is 4.39 Å². The molecule has 0 saturated carbocycles. The van der Waals surface area contributed by atoms with Crippen molar-refractivity contribution >= 4 is 23.4 Å². The normalized spacial score (nSPS) is 11.2. The molecule has 104 valence electrons. The highest BCUT2D eigenvalue weighted by molar-refractivity contribution is 6.33. The molecule has 5 heteroatoms. The van der Waals surface area contributed by atoms with E-state index in [2.05, 4.69) is 0 Å². The van der Waals surface area contributed by atoms with Crippen LogP contribution in [-0.4, -0.2) is 0 Å². The number of nitrogens with two attached hydrogens (primary N) is 3. The Bertz CT molecular complexity index is 668. The Morgan fingerprint density at radius 3 is 2.60 bits per heavy atom. The molecule has 2 aromatic rings. The van der Waals surface area contributed by atoms with Crippen LogP contribution in [0, 0.1) is 5.82 Å². The molecule has 0 heterocycles. The number of benzene rings is 2. The monoisotopic (exact) mass is 291 g/mol. The van der Waals surface area contributed by atoms with Crippen molar-refractivity contribution in [2.24, 2.45) is 11.5 Å². The molecule has 2 rings (SSSR count). The van der Waals surface area contributed by atoms with Gasteiger partial charge in [0.1, 0.15) is 5.82 Å². The van der Waals surface area contributed by atoms with Crippen LogP contribution in [0.25, 0.3) is 17.2 Å². The Morgan fingerprint density at radius 1 is 1.25 bits per heavy atom. The first-order chi connectivity index (χ1) is 9.58. The number of anilines is 1. The summed E-state index contributed by atoms with van der Waals surface area (Å²) in [5.74, 6) is -0.337. The molecule has 0 aliphatic heterocycles. The highest BCUT2D eigenvalue weighted by Gasteiger charge is 2.15. The minimum Gasteiger partial charge on any atom is -0.405 e. The smallest absolute Gasteiger partial charge is 0.123 e. The first-order valence-corrected chi connectivity index (χ1v) is 6.41. The Balaban J connectivity index is 2.76. The van der Waals surface area contributed by atoms with E-state index >= 15 is 0 Å². The topological polar surface area (TPSA) is 78.1 Å². The van der Waals surface area contributed by atoms with Crippen LogP contribution < -0.4 is 17.2 Å². The van der Waals surface area contributed by atoms with Crippen LogP contribution in [0.4, 0.5) is 10.1 Å². The van der Waals surface area contributed by atoms with Crippen molar-refractivity contribution in [3.05, 3.63) is 58.5 Å². The second-order valence-corrected chi connectivity index (χ2v) is 4.70. The zero-order valence-corrected chi connectivity index (χ0v) is 11.5. The lowest BCUT2D eigenvalue weighted by molar-refractivity contribution is 0.628. The van der Waals surface area contributed by atoms with Crippen molar-refractivity contribution in [1.82, 2.24) is 0 Å². The standard InChI is InChI=1S/C15H15ClFN3/c16-13-7-10(8-19)14(15(20)12(13)4-5-18)9-2-1-3-11(17)6-9/h1-7H,8,18-20H2/b5-4-. The van der Waals surface area contributed by atoms with E-state index < -0.39 is 0 Å². The maximum atomic E-state index is 13.4. The third-order valence-corrected chi connectivity index (χ3v) is 3.35. The summed E-state index contributed by atoms with van der Waals surface area (Å²) in [5, 5.41) is 0.463. The average Bonchev–Trinajstić information content (AvgIpc) is 2.42. The summed E-state index contributed by atoms with van der Waals surface area (Å²) in [6, 6.07) is 7.91. The van der Waals surface area contributed by atoms with Crippen LogP contribution in [-0.2, 0) is 6.54 Å². The van der Waals surface area contributed by atoms with Crippen LogP contribution in [0.3, 0.4) is 0 Å². The fraction of sp³-hybridized carbons (Fsp3) is 0.0667. The third kappa shape index (κ3) is 2.61. The number of hydrogen-bond donors (Lipinski definition) is 3. The molecular weight excluding hydrogens is 277 g/mol. The Morgan fingerprint density at radius 2 is 2.00 bits per heavy atom. The van der Waals surface area contributed by atoms with E-state index in [9.17, 15) is 4.39 Å². The molecule has 6 N–H and O–H groups in total. The molecule has 0 spiro atoms. The number of nitrogen functional groups attached to an aromatic ring is 1. The van der Waals surface area contributed by atoms with Gasteiger partial charge in [-0.3, -0.25) is 0 Å². The molecular formula is C15H15ClFN3. The maximum absolute atomic E-state index is 13.4. The highest BCUT2D eigenvalue weighted by atomic mass is 35.5. The fourth-order valence-corrected chi connectivity index (χ4v) is 2.45. The molecule has 0 saturated heterocycles. The molecule has 0 amide bonds.